The number of rotatable bonds is 23. The van der Waals surface area contributed by atoms with Gasteiger partial charge in [-0.3, -0.25) is 14.4 Å². The first-order valence-electron chi connectivity index (χ1n) is 15.8. The second kappa shape index (κ2) is 25.2. The zero-order valence-corrected chi connectivity index (χ0v) is 29.3. The standard InChI is InChI=1S/C31H54O10S.Na/c1-2-3-4-5-6-7-8-9-10-11-12-13-14-15-16-17-18-19-20-21-28(33)39-24-31(23-32)25-40-29(34)22-27(42(36,37)38)30(35)41-26-31;/h3-4,27,32H,2,5-26H2,1H3,(H,36,37,38);/q;+1/p-1/b4-3-;. The molecule has 1 fully saturated rings. The fraction of sp³-hybridized carbons (Fsp3) is 0.839. The van der Waals surface area contributed by atoms with E-state index in [1.54, 1.807) is 0 Å². The number of hydrogen-bond donors (Lipinski definition) is 1. The Morgan fingerprint density at radius 2 is 1.37 bits per heavy atom. The van der Waals surface area contributed by atoms with E-state index >= 15 is 0 Å². The quantitative estimate of drug-likeness (QED) is 0.0440. The number of ether oxygens (including phenoxy) is 3. The predicted octanol–water partition coefficient (Wildman–Crippen LogP) is 2.51. The molecule has 43 heavy (non-hydrogen) atoms. The summed E-state index contributed by atoms with van der Waals surface area (Å²) in [5.74, 6) is -3.00. The van der Waals surface area contributed by atoms with E-state index in [4.69, 9.17) is 14.2 Å². The fourth-order valence-corrected chi connectivity index (χ4v) is 5.39. The Morgan fingerprint density at radius 3 is 1.86 bits per heavy atom. The third-order valence-corrected chi connectivity index (χ3v) is 8.61. The first kappa shape index (κ1) is 42.0. The van der Waals surface area contributed by atoms with Crippen molar-refractivity contribution in [3.8, 4) is 0 Å². The first-order chi connectivity index (χ1) is 20.1. The average molecular weight is 641 g/mol. The summed E-state index contributed by atoms with van der Waals surface area (Å²) >= 11 is 0. The Bertz CT molecular complexity index is 908. The summed E-state index contributed by atoms with van der Waals surface area (Å²) in [4.78, 5) is 36.2. The van der Waals surface area contributed by atoms with Crippen LogP contribution in [0.15, 0.2) is 12.2 Å². The van der Waals surface area contributed by atoms with E-state index in [-0.39, 0.29) is 36.0 Å². The molecule has 2 atom stereocenters. The predicted molar refractivity (Wildman–Crippen MR) is 158 cm³/mol. The van der Waals surface area contributed by atoms with Gasteiger partial charge in [-0.1, -0.05) is 103 Å². The number of unbranched alkanes of at least 4 members (excludes halogenated alkanes) is 15. The van der Waals surface area contributed by atoms with E-state index in [0.29, 0.717) is 6.42 Å². The summed E-state index contributed by atoms with van der Waals surface area (Å²) in [7, 11) is -5.14. The molecule has 0 aliphatic carbocycles. The van der Waals surface area contributed by atoms with E-state index in [0.717, 1.165) is 25.7 Å². The third-order valence-electron chi connectivity index (χ3n) is 7.55. The van der Waals surface area contributed by atoms with Gasteiger partial charge in [0.1, 0.15) is 29.9 Å². The van der Waals surface area contributed by atoms with E-state index in [1.807, 2.05) is 0 Å². The number of cyclic esters (lactones) is 2. The van der Waals surface area contributed by atoms with Crippen molar-refractivity contribution in [1.82, 2.24) is 0 Å². The van der Waals surface area contributed by atoms with E-state index in [1.165, 1.54) is 77.0 Å². The van der Waals surface area contributed by atoms with Crippen molar-refractivity contribution in [2.75, 3.05) is 26.4 Å². The smallest absolute Gasteiger partial charge is 0.747 e. The Hall–Kier alpha value is -0.980. The second-order valence-electron chi connectivity index (χ2n) is 11.5. The van der Waals surface area contributed by atoms with E-state index in [2.05, 4.69) is 19.1 Å². The number of allylic oxidation sites excluding steroid dienone is 2. The van der Waals surface area contributed by atoms with Crippen LogP contribution in [0.2, 0.25) is 0 Å². The molecule has 0 radical (unpaired) electrons. The van der Waals surface area contributed by atoms with Crippen LogP contribution in [0.5, 0.6) is 0 Å². The van der Waals surface area contributed by atoms with Crippen LogP contribution in [0.4, 0.5) is 0 Å². The molecule has 1 aliphatic rings. The minimum Gasteiger partial charge on any atom is -0.747 e. The summed E-state index contributed by atoms with van der Waals surface area (Å²) in [5, 5.41) is 7.62. The van der Waals surface area contributed by atoms with Crippen LogP contribution in [-0.4, -0.2) is 67.7 Å². The van der Waals surface area contributed by atoms with Gasteiger partial charge in [-0.25, -0.2) is 8.42 Å². The molecular formula is C31H53NaO10S. The molecule has 1 rings (SSSR count). The maximum absolute atomic E-state index is 12.2. The van der Waals surface area contributed by atoms with Crippen molar-refractivity contribution in [2.45, 2.75) is 134 Å². The van der Waals surface area contributed by atoms with Crippen LogP contribution in [-0.2, 0) is 38.7 Å². The normalized spacial score (nSPS) is 19.6. The molecule has 244 valence electrons. The zero-order valence-electron chi connectivity index (χ0n) is 26.5. The SMILES string of the molecule is CC/C=C\CCCCCCCCCCCCCCCCCC(=O)OCC1(CO)COC(=O)CC(S(=O)(=O)[O-])C(=O)OC1.[Na+]. The van der Waals surface area contributed by atoms with Crippen molar-refractivity contribution in [1.29, 1.82) is 0 Å². The van der Waals surface area contributed by atoms with Crippen molar-refractivity contribution >= 4 is 28.0 Å². The van der Waals surface area contributed by atoms with Gasteiger partial charge in [0, 0.05) is 6.42 Å². The molecule has 0 bridgehead atoms. The molecule has 0 aromatic carbocycles. The summed E-state index contributed by atoms with van der Waals surface area (Å²) < 4.78 is 49.0. The monoisotopic (exact) mass is 640 g/mol. The Balaban J connectivity index is 0.0000176. The molecule has 12 heteroatoms. The summed E-state index contributed by atoms with van der Waals surface area (Å²) in [6, 6.07) is 0. The molecule has 1 aliphatic heterocycles. The van der Waals surface area contributed by atoms with Gasteiger partial charge < -0.3 is 23.9 Å². The third kappa shape index (κ3) is 20.6. The number of aliphatic hydroxyl groups excluding tert-OH is 1. The molecule has 10 nitrogen and oxygen atoms in total. The first-order valence-corrected chi connectivity index (χ1v) is 17.3. The molecule has 0 saturated carbocycles. The second-order valence-corrected chi connectivity index (χ2v) is 13.0. The molecule has 2 unspecified atom stereocenters. The Labute approximate surface area is 281 Å². The largest absolute Gasteiger partial charge is 1.00 e. The fourth-order valence-electron chi connectivity index (χ4n) is 4.75. The molecule has 0 spiro atoms. The van der Waals surface area contributed by atoms with Gasteiger partial charge in [0.05, 0.1) is 18.4 Å². The summed E-state index contributed by atoms with van der Waals surface area (Å²) in [6.07, 6.45) is 24.3. The molecule has 1 N–H and O–H groups in total. The molecule has 0 amide bonds. The minimum atomic E-state index is -5.14. The zero-order chi connectivity index (χ0) is 31.1. The van der Waals surface area contributed by atoms with Crippen LogP contribution < -0.4 is 29.6 Å². The van der Waals surface area contributed by atoms with Crippen LogP contribution >= 0.6 is 0 Å². The maximum atomic E-state index is 12.2. The molecule has 0 aromatic heterocycles. The number of hydrogen-bond acceptors (Lipinski definition) is 10. The molecule has 1 heterocycles. The van der Waals surface area contributed by atoms with Gasteiger partial charge in [-0.15, -0.1) is 0 Å². The Kier molecular flexibility index (Phi) is 24.7. The van der Waals surface area contributed by atoms with Crippen LogP contribution in [0, 0.1) is 5.41 Å². The molecule has 0 aromatic rings. The van der Waals surface area contributed by atoms with Gasteiger partial charge in [-0.05, 0) is 25.7 Å². The van der Waals surface area contributed by atoms with Crippen molar-refractivity contribution in [2.24, 2.45) is 5.41 Å². The number of carbonyl (C=O) groups excluding carboxylic acids is 3. The van der Waals surface area contributed by atoms with Crippen molar-refractivity contribution in [3.05, 3.63) is 12.2 Å². The van der Waals surface area contributed by atoms with E-state index < -0.39 is 71.5 Å². The molecular weight excluding hydrogens is 587 g/mol. The van der Waals surface area contributed by atoms with Crippen LogP contribution in [0.1, 0.15) is 129 Å². The van der Waals surface area contributed by atoms with Gasteiger partial charge in [0.2, 0.25) is 0 Å². The van der Waals surface area contributed by atoms with Crippen LogP contribution in [0.3, 0.4) is 0 Å². The van der Waals surface area contributed by atoms with E-state index in [9.17, 15) is 32.5 Å². The van der Waals surface area contributed by atoms with Crippen molar-refractivity contribution in [3.63, 3.8) is 0 Å². The Morgan fingerprint density at radius 1 is 0.884 bits per heavy atom. The summed E-state index contributed by atoms with van der Waals surface area (Å²) in [5.41, 5.74) is -1.45. The van der Waals surface area contributed by atoms with Gasteiger partial charge >= 0.3 is 47.5 Å². The van der Waals surface area contributed by atoms with Gasteiger partial charge in [0.25, 0.3) is 0 Å². The van der Waals surface area contributed by atoms with Gasteiger partial charge in [0.15, 0.2) is 5.25 Å². The van der Waals surface area contributed by atoms with Crippen molar-refractivity contribution < 1.29 is 76.2 Å². The molecule has 1 saturated heterocycles. The minimum absolute atomic E-state index is 0. The van der Waals surface area contributed by atoms with Gasteiger partial charge in [-0.2, -0.15) is 0 Å². The topological polar surface area (TPSA) is 156 Å². The number of aliphatic hydroxyl groups is 1. The summed E-state index contributed by atoms with van der Waals surface area (Å²) in [6.45, 7) is 0.0742. The average Bonchev–Trinajstić information content (AvgIpc) is 3.02. The maximum Gasteiger partial charge on any atom is 1.00 e. The van der Waals surface area contributed by atoms with Crippen LogP contribution in [0.25, 0.3) is 0 Å². The number of esters is 3. The number of carbonyl (C=O) groups is 3.